The molecule has 7 nitrogen and oxygen atoms in total. The van der Waals surface area contributed by atoms with E-state index in [0.717, 1.165) is 0 Å². The van der Waals surface area contributed by atoms with Gasteiger partial charge in [-0.15, -0.1) is 0 Å². The number of aliphatic hydroxyl groups is 1. The van der Waals surface area contributed by atoms with E-state index in [1.165, 1.54) is 0 Å². The molecule has 1 saturated heterocycles. The molecule has 3 N–H and O–H groups in total. The minimum Gasteiger partial charge on any atom is -0.388 e. The Labute approximate surface area is 104 Å². The number of aryl methyl sites for hydroxylation is 1. The first-order valence-corrected chi connectivity index (χ1v) is 5.86. The zero-order chi connectivity index (χ0) is 12.9. The molecule has 3 atom stereocenters. The second-order valence-electron chi connectivity index (χ2n) is 4.62. The monoisotopic (exact) mass is 249 g/mol. The van der Waals surface area contributed by atoms with Gasteiger partial charge < -0.3 is 15.6 Å². The SMILES string of the molecule is Cc1nc(N)c2ncn(C3OC(C)CC3O)c2n1. The minimum absolute atomic E-state index is 0.0164. The molecular weight excluding hydrogens is 234 g/mol. The van der Waals surface area contributed by atoms with Crippen LogP contribution in [-0.4, -0.2) is 36.8 Å². The van der Waals surface area contributed by atoms with Crippen LogP contribution in [0.25, 0.3) is 11.2 Å². The van der Waals surface area contributed by atoms with E-state index in [0.29, 0.717) is 29.2 Å². The molecule has 0 aromatic carbocycles. The van der Waals surface area contributed by atoms with Crippen molar-refractivity contribution in [1.82, 2.24) is 19.5 Å². The zero-order valence-corrected chi connectivity index (χ0v) is 10.2. The van der Waals surface area contributed by atoms with Crippen LogP contribution in [-0.2, 0) is 4.74 Å². The predicted octanol–water partition coefficient (Wildman–Crippen LogP) is 0.385. The number of hydrogen-bond donors (Lipinski definition) is 2. The molecule has 0 radical (unpaired) electrons. The molecule has 3 heterocycles. The van der Waals surface area contributed by atoms with Crippen molar-refractivity contribution in [2.24, 2.45) is 0 Å². The van der Waals surface area contributed by atoms with Crippen LogP contribution >= 0.6 is 0 Å². The van der Waals surface area contributed by atoms with Gasteiger partial charge >= 0.3 is 0 Å². The number of hydrogen-bond acceptors (Lipinski definition) is 6. The summed E-state index contributed by atoms with van der Waals surface area (Å²) in [6, 6.07) is 0. The third-order valence-electron chi connectivity index (χ3n) is 3.11. The molecule has 3 unspecified atom stereocenters. The Morgan fingerprint density at radius 2 is 2.28 bits per heavy atom. The van der Waals surface area contributed by atoms with E-state index < -0.39 is 12.3 Å². The minimum atomic E-state index is -0.561. The van der Waals surface area contributed by atoms with Gasteiger partial charge in [0.15, 0.2) is 17.7 Å². The lowest BCUT2D eigenvalue weighted by Gasteiger charge is -2.16. The van der Waals surface area contributed by atoms with E-state index >= 15 is 0 Å². The molecule has 3 rings (SSSR count). The van der Waals surface area contributed by atoms with Crippen LogP contribution in [0.4, 0.5) is 5.82 Å². The summed E-state index contributed by atoms with van der Waals surface area (Å²) >= 11 is 0. The van der Waals surface area contributed by atoms with Crippen LogP contribution in [0.3, 0.4) is 0 Å². The number of aromatic nitrogens is 4. The Morgan fingerprint density at radius 1 is 1.50 bits per heavy atom. The highest BCUT2D eigenvalue weighted by molar-refractivity contribution is 5.81. The molecule has 0 spiro atoms. The third-order valence-corrected chi connectivity index (χ3v) is 3.11. The van der Waals surface area contributed by atoms with Gasteiger partial charge in [-0.05, 0) is 13.8 Å². The van der Waals surface area contributed by atoms with Crippen LogP contribution in [0.5, 0.6) is 0 Å². The summed E-state index contributed by atoms with van der Waals surface area (Å²) in [7, 11) is 0. The van der Waals surface area contributed by atoms with Crippen LogP contribution < -0.4 is 5.73 Å². The number of aliphatic hydroxyl groups excluding tert-OH is 1. The predicted molar refractivity (Wildman–Crippen MR) is 64.7 cm³/mol. The number of nitrogens with zero attached hydrogens (tertiary/aromatic N) is 4. The van der Waals surface area contributed by atoms with Gasteiger partial charge in [0, 0.05) is 6.42 Å². The van der Waals surface area contributed by atoms with Gasteiger partial charge in [-0.25, -0.2) is 15.0 Å². The number of ether oxygens (including phenoxy) is 1. The highest BCUT2D eigenvalue weighted by Gasteiger charge is 2.34. The number of nitrogens with two attached hydrogens (primary N) is 1. The Kier molecular flexibility index (Phi) is 2.46. The fourth-order valence-electron chi connectivity index (χ4n) is 2.33. The summed E-state index contributed by atoms with van der Waals surface area (Å²) < 4.78 is 7.39. The highest BCUT2D eigenvalue weighted by atomic mass is 16.5. The molecule has 0 amide bonds. The first-order valence-electron chi connectivity index (χ1n) is 5.86. The lowest BCUT2D eigenvalue weighted by Crippen LogP contribution is -2.19. The number of imidazole rings is 1. The molecule has 18 heavy (non-hydrogen) atoms. The number of nitrogen functional groups attached to an aromatic ring is 1. The van der Waals surface area contributed by atoms with E-state index in [2.05, 4.69) is 15.0 Å². The van der Waals surface area contributed by atoms with Crippen molar-refractivity contribution in [1.29, 1.82) is 0 Å². The van der Waals surface area contributed by atoms with E-state index in [4.69, 9.17) is 10.5 Å². The fourth-order valence-corrected chi connectivity index (χ4v) is 2.33. The van der Waals surface area contributed by atoms with Crippen molar-refractivity contribution in [3.63, 3.8) is 0 Å². The van der Waals surface area contributed by atoms with Gasteiger partial charge in [0.05, 0.1) is 12.4 Å². The number of fused-ring (bicyclic) bond motifs is 1. The summed E-state index contributed by atoms with van der Waals surface area (Å²) in [5.74, 6) is 0.916. The molecule has 0 bridgehead atoms. The van der Waals surface area contributed by atoms with Crippen molar-refractivity contribution in [2.45, 2.75) is 38.7 Å². The average molecular weight is 249 g/mol. The molecule has 1 fully saturated rings. The third kappa shape index (κ3) is 1.63. The zero-order valence-electron chi connectivity index (χ0n) is 10.2. The van der Waals surface area contributed by atoms with Crippen molar-refractivity contribution in [2.75, 3.05) is 5.73 Å². The topological polar surface area (TPSA) is 99.1 Å². The summed E-state index contributed by atoms with van der Waals surface area (Å²) in [6.07, 6.45) is 1.18. The van der Waals surface area contributed by atoms with Crippen LogP contribution in [0, 0.1) is 6.92 Å². The molecule has 2 aromatic heterocycles. The molecule has 0 saturated carbocycles. The number of rotatable bonds is 1. The van der Waals surface area contributed by atoms with E-state index in [1.54, 1.807) is 17.8 Å². The Hall–Kier alpha value is -1.73. The van der Waals surface area contributed by atoms with E-state index in [1.807, 2.05) is 6.92 Å². The second-order valence-corrected chi connectivity index (χ2v) is 4.62. The summed E-state index contributed by atoms with van der Waals surface area (Å²) in [5.41, 5.74) is 6.93. The summed E-state index contributed by atoms with van der Waals surface area (Å²) in [6.45, 7) is 3.69. The standard InChI is InChI=1S/C11H15N5O2/c1-5-3-7(17)11(18-5)16-4-13-8-9(12)14-6(2)15-10(8)16/h4-5,7,11,17H,3H2,1-2H3,(H2,12,14,15). The molecule has 2 aromatic rings. The average Bonchev–Trinajstić information content (AvgIpc) is 2.82. The summed E-state index contributed by atoms with van der Waals surface area (Å²) in [5, 5.41) is 9.98. The van der Waals surface area contributed by atoms with E-state index in [-0.39, 0.29) is 6.10 Å². The first kappa shape index (κ1) is 11.4. The first-order chi connectivity index (χ1) is 8.56. The Morgan fingerprint density at radius 3 is 2.94 bits per heavy atom. The van der Waals surface area contributed by atoms with Crippen molar-refractivity contribution in [3.8, 4) is 0 Å². The Balaban J connectivity index is 2.13. The second kappa shape index (κ2) is 3.89. The van der Waals surface area contributed by atoms with Crippen molar-refractivity contribution < 1.29 is 9.84 Å². The van der Waals surface area contributed by atoms with Gasteiger partial charge in [-0.3, -0.25) is 4.57 Å². The smallest absolute Gasteiger partial charge is 0.167 e. The quantitative estimate of drug-likeness (QED) is 0.758. The molecular formula is C11H15N5O2. The maximum Gasteiger partial charge on any atom is 0.167 e. The van der Waals surface area contributed by atoms with Gasteiger partial charge in [-0.1, -0.05) is 0 Å². The molecule has 96 valence electrons. The maximum absolute atomic E-state index is 9.98. The van der Waals surface area contributed by atoms with E-state index in [9.17, 15) is 5.11 Å². The van der Waals surface area contributed by atoms with Gasteiger partial charge in [0.1, 0.15) is 17.4 Å². The largest absolute Gasteiger partial charge is 0.388 e. The van der Waals surface area contributed by atoms with Crippen LogP contribution in [0.15, 0.2) is 6.33 Å². The summed E-state index contributed by atoms with van der Waals surface area (Å²) in [4.78, 5) is 12.6. The van der Waals surface area contributed by atoms with Crippen LogP contribution in [0.1, 0.15) is 25.4 Å². The van der Waals surface area contributed by atoms with Crippen LogP contribution in [0.2, 0.25) is 0 Å². The molecule has 1 aliphatic heterocycles. The molecule has 7 heteroatoms. The highest BCUT2D eigenvalue weighted by Crippen LogP contribution is 2.31. The molecule has 1 aliphatic rings. The van der Waals surface area contributed by atoms with Gasteiger partial charge in [0.25, 0.3) is 0 Å². The maximum atomic E-state index is 9.98. The van der Waals surface area contributed by atoms with Gasteiger partial charge in [-0.2, -0.15) is 0 Å². The normalized spacial score (nSPS) is 28.1. The Bertz CT molecular complexity index is 596. The molecule has 0 aliphatic carbocycles. The lowest BCUT2D eigenvalue weighted by molar-refractivity contribution is -0.0297. The van der Waals surface area contributed by atoms with Crippen molar-refractivity contribution in [3.05, 3.63) is 12.2 Å². The lowest BCUT2D eigenvalue weighted by atomic mass is 10.2. The fraction of sp³-hybridized carbons (Fsp3) is 0.545. The van der Waals surface area contributed by atoms with Crippen molar-refractivity contribution >= 4 is 17.0 Å². The van der Waals surface area contributed by atoms with Gasteiger partial charge in [0.2, 0.25) is 0 Å². The number of anilines is 1.